The third kappa shape index (κ3) is 16.8. The van der Waals surface area contributed by atoms with E-state index in [4.69, 9.17) is 44.1 Å². The van der Waals surface area contributed by atoms with Crippen LogP contribution in [0.15, 0.2) is 105 Å². The topological polar surface area (TPSA) is 292 Å². The van der Waals surface area contributed by atoms with E-state index in [0.717, 1.165) is 152 Å². The molecule has 2 N–H and O–H groups in total. The van der Waals surface area contributed by atoms with Crippen LogP contribution in [-0.4, -0.2) is 137 Å². The molecule has 6 bridgehead atoms. The molecule has 0 spiro atoms. The number of carbonyl (C=O) groups is 3. The van der Waals surface area contributed by atoms with Gasteiger partial charge in [0, 0.05) is 104 Å². The number of benzene rings is 3. The molecule has 108 heavy (non-hydrogen) atoms. The summed E-state index contributed by atoms with van der Waals surface area (Å²) in [7, 11) is 2.66. The lowest BCUT2D eigenvalue weighted by atomic mass is 9.99. The molecule has 6 aromatic heterocycles. The number of aryl methyl sites for hydroxylation is 6. The fraction of sp³-hybridized carbons (Fsp3) is 0.494. The van der Waals surface area contributed by atoms with Crippen LogP contribution < -0.4 is 15.1 Å². The lowest BCUT2D eigenvalue weighted by Crippen LogP contribution is -2.46. The first kappa shape index (κ1) is 74.1. The first-order chi connectivity index (χ1) is 52.4. The number of aromatic carboxylic acids is 1. The second-order valence-corrected chi connectivity index (χ2v) is 31.0. The number of methoxy groups -OCH3 is 2. The van der Waals surface area contributed by atoms with E-state index in [0.29, 0.717) is 96.8 Å². The third-order valence-electron chi connectivity index (χ3n) is 22.7. The quantitative estimate of drug-likeness (QED) is 0.0529. The summed E-state index contributed by atoms with van der Waals surface area (Å²) in [5.74, 6) is 3.71. The fourth-order valence-corrected chi connectivity index (χ4v) is 17.1. The molecule has 12 heterocycles. The van der Waals surface area contributed by atoms with Crippen molar-refractivity contribution in [1.29, 1.82) is 0 Å². The van der Waals surface area contributed by atoms with Gasteiger partial charge in [0.1, 0.15) is 34.4 Å². The van der Waals surface area contributed by atoms with Crippen LogP contribution in [0.4, 0.5) is 11.9 Å². The van der Waals surface area contributed by atoms with Crippen molar-refractivity contribution in [3.05, 3.63) is 181 Å². The van der Waals surface area contributed by atoms with E-state index < -0.39 is 17.9 Å². The van der Waals surface area contributed by atoms with Crippen LogP contribution in [0, 0.1) is 41.5 Å². The SMILES string of the molecule is COC(=O)c1cc(C)nc(Cl)n1.COC(=O)c1cc(C)nc(N2C3CC[C@H]2CC(OCc2c(-c4ccccc4C)noc2C2CC2)C3)n1.Cc1cc(C(=O)O)nc(N2C3CC[C@H]2CC(OCc2c(-c4ccccc4C)noc2C2CC2)C3)n1.Cc1ccccc1-c1noc(C2CC2)c1COC1CC2CC[C@@H](C1)N2. The Morgan fingerprint density at radius 3 is 1.12 bits per heavy atom. The largest absolute Gasteiger partial charge is 0.477 e. The third-order valence-corrected chi connectivity index (χ3v) is 22.9. The zero-order valence-corrected chi connectivity index (χ0v) is 63.4. The maximum absolute atomic E-state index is 12.1. The highest BCUT2D eigenvalue weighted by Crippen LogP contribution is 2.49. The standard InChI is InChI=1S/C28H32N4O4.C27H30N4O4.C21H26N2O2.C7H7ClN2O2/c1-16-6-4-5-7-22(16)25-23(26(36-31-25)18-8-9-18)15-35-21-13-19-10-11-20(14-21)32(19)28-29-17(2)12-24(30-28)27(33)34-3;1-15-5-3-4-6-21(15)24-22(25(35-30-24)17-7-8-17)14-34-20-12-18-9-10-19(13-20)31(18)27-28-16(2)11-23(29-27)26(32)33;1-13-4-2-3-5-18(13)20-19(21(25-23-20)14-6-7-14)12-24-17-10-15-8-9-16(11-17)22-15;1-4-3-5(6(11)12-2)10-7(8)9-4/h4-7,12,18-21H,8-11,13-15H2,1-3H3;3-6,11,17-20H,7-10,12-14H2,1-2H3,(H,32,33);2-5,14-17,22H,6-12H2,1H3;3H,1-2H3/t19-,20?,21?;18-,19?,20?;15-,16?,17?;/m000./s1. The molecule has 9 atom stereocenters. The molecule has 9 aliphatic rings. The first-order valence-electron chi connectivity index (χ1n) is 38.3. The van der Waals surface area contributed by atoms with Gasteiger partial charge in [-0.15, -0.1) is 0 Å². The van der Waals surface area contributed by atoms with Crippen LogP contribution in [-0.2, 0) is 43.5 Å². The van der Waals surface area contributed by atoms with E-state index in [9.17, 15) is 19.5 Å². The van der Waals surface area contributed by atoms with Gasteiger partial charge in [-0.1, -0.05) is 88.3 Å². The van der Waals surface area contributed by atoms with Crippen LogP contribution in [0.1, 0.15) is 233 Å². The Balaban J connectivity index is 0.000000121. The molecule has 3 aliphatic carbocycles. The van der Waals surface area contributed by atoms with Crippen molar-refractivity contribution >= 4 is 41.4 Å². The van der Waals surface area contributed by atoms with Crippen molar-refractivity contribution in [3.8, 4) is 33.8 Å². The Labute approximate surface area is 633 Å². The molecule has 6 saturated heterocycles. The van der Waals surface area contributed by atoms with Gasteiger partial charge in [-0.25, -0.2) is 44.3 Å². The number of piperidine rings is 3. The Kier molecular flexibility index (Phi) is 22.3. The Morgan fingerprint density at radius 1 is 0.444 bits per heavy atom. The van der Waals surface area contributed by atoms with Crippen LogP contribution in [0.25, 0.3) is 33.8 Å². The molecule has 6 unspecified atom stereocenters. The van der Waals surface area contributed by atoms with Gasteiger partial charge in [0.25, 0.3) is 0 Å². The highest BCUT2D eigenvalue weighted by atomic mass is 35.5. The van der Waals surface area contributed by atoms with Gasteiger partial charge in [0.15, 0.2) is 17.1 Å². The predicted molar refractivity (Wildman–Crippen MR) is 403 cm³/mol. The molecular formula is C83H95ClN12O12. The lowest BCUT2D eigenvalue weighted by molar-refractivity contribution is 0.00873. The molecule has 24 nitrogen and oxygen atoms in total. The van der Waals surface area contributed by atoms with Gasteiger partial charge in [0.2, 0.25) is 17.2 Å². The molecule has 6 aliphatic heterocycles. The number of carboxylic acid groups (broad SMARTS) is 1. The van der Waals surface area contributed by atoms with Crippen LogP contribution in [0.5, 0.6) is 0 Å². The normalized spacial score (nSPS) is 23.0. The van der Waals surface area contributed by atoms with Gasteiger partial charge in [-0.05, 0) is 204 Å². The summed E-state index contributed by atoms with van der Waals surface area (Å²) in [4.78, 5) is 64.7. The minimum atomic E-state index is -1.02. The summed E-state index contributed by atoms with van der Waals surface area (Å²) < 4.78 is 46.3. The zero-order chi connectivity index (χ0) is 74.9. The molecular weight excluding hydrogens is 1390 g/mol. The number of fused-ring (bicyclic) bond motifs is 6. The second-order valence-electron chi connectivity index (χ2n) is 30.7. The minimum Gasteiger partial charge on any atom is -0.477 e. The number of aromatic nitrogens is 9. The molecule has 18 rings (SSSR count). The average molecular weight is 1490 g/mol. The monoisotopic (exact) mass is 1490 g/mol. The van der Waals surface area contributed by atoms with Crippen molar-refractivity contribution in [3.63, 3.8) is 0 Å². The first-order valence-corrected chi connectivity index (χ1v) is 38.7. The van der Waals surface area contributed by atoms with Crippen LogP contribution in [0.2, 0.25) is 5.28 Å². The number of rotatable bonds is 20. The van der Waals surface area contributed by atoms with Gasteiger partial charge in [-0.2, -0.15) is 0 Å². The number of nitrogens with one attached hydrogen (secondary N) is 1. The number of carbonyl (C=O) groups excluding carboxylic acids is 2. The fourth-order valence-electron chi connectivity index (χ4n) is 16.9. The summed E-state index contributed by atoms with van der Waals surface area (Å²) in [5.41, 5.74) is 15.8. The van der Waals surface area contributed by atoms with E-state index in [1.165, 1.54) is 79.9 Å². The average Bonchev–Trinajstić information content (AvgIpc) is 1.62. The molecule has 3 saturated carbocycles. The number of carboxylic acids is 1. The number of hydrogen-bond donors (Lipinski definition) is 2. The Morgan fingerprint density at radius 2 is 0.778 bits per heavy atom. The van der Waals surface area contributed by atoms with E-state index in [1.54, 1.807) is 13.0 Å². The smallest absolute Gasteiger partial charge is 0.356 e. The molecule has 9 fully saturated rings. The number of nitrogens with zero attached hydrogens (tertiary/aromatic N) is 11. The van der Waals surface area contributed by atoms with Crippen molar-refractivity contribution in [2.45, 2.75) is 249 Å². The second kappa shape index (κ2) is 32.5. The summed E-state index contributed by atoms with van der Waals surface area (Å²) in [6.07, 6.45) is 20.4. The zero-order valence-electron chi connectivity index (χ0n) is 62.7. The molecule has 25 heteroatoms. The highest BCUT2D eigenvalue weighted by Gasteiger charge is 2.46. The molecule has 3 aromatic carbocycles. The van der Waals surface area contributed by atoms with Gasteiger partial charge >= 0.3 is 17.9 Å². The number of halogens is 1. The summed E-state index contributed by atoms with van der Waals surface area (Å²) in [6, 6.07) is 32.1. The Hall–Kier alpha value is -9.33. The summed E-state index contributed by atoms with van der Waals surface area (Å²) in [5, 5.41) is 26.6. The van der Waals surface area contributed by atoms with Crippen molar-refractivity contribution in [1.82, 2.24) is 50.7 Å². The number of esters is 2. The van der Waals surface area contributed by atoms with E-state index in [2.05, 4.69) is 135 Å². The van der Waals surface area contributed by atoms with Gasteiger partial charge in [-0.3, -0.25) is 0 Å². The minimum absolute atomic E-state index is 0.0501. The lowest BCUT2D eigenvalue weighted by Gasteiger charge is -2.39. The maximum atomic E-state index is 12.1. The van der Waals surface area contributed by atoms with Gasteiger partial charge in [0.05, 0.1) is 52.4 Å². The number of hydrogen-bond acceptors (Lipinski definition) is 23. The molecule has 0 radical (unpaired) electrons. The molecule has 0 amide bonds. The number of ether oxygens (including phenoxy) is 5. The van der Waals surface area contributed by atoms with Crippen LogP contribution in [0.3, 0.4) is 0 Å². The molecule has 566 valence electrons. The Bertz CT molecular complexity index is 4680. The maximum Gasteiger partial charge on any atom is 0.356 e. The predicted octanol–water partition coefficient (Wildman–Crippen LogP) is 15.7. The molecule has 9 aromatic rings. The van der Waals surface area contributed by atoms with Crippen molar-refractivity contribution < 1.29 is 56.7 Å². The van der Waals surface area contributed by atoms with E-state index >= 15 is 0 Å². The van der Waals surface area contributed by atoms with Crippen LogP contribution >= 0.6 is 11.6 Å². The highest BCUT2D eigenvalue weighted by molar-refractivity contribution is 6.28. The van der Waals surface area contributed by atoms with E-state index in [-0.39, 0.29) is 41.0 Å². The van der Waals surface area contributed by atoms with Crippen molar-refractivity contribution in [2.24, 2.45) is 0 Å². The number of anilines is 2. The van der Waals surface area contributed by atoms with E-state index in [1.807, 2.05) is 38.1 Å². The summed E-state index contributed by atoms with van der Waals surface area (Å²) >= 11 is 5.52. The van der Waals surface area contributed by atoms with Gasteiger partial charge < -0.3 is 57.5 Å². The summed E-state index contributed by atoms with van der Waals surface area (Å²) in [6.45, 7) is 13.4. The van der Waals surface area contributed by atoms with Crippen molar-refractivity contribution in [2.75, 3.05) is 24.0 Å².